The number of hydrogen-bond acceptors (Lipinski definition) is 1. The average molecular weight is 192 g/mol. The minimum Gasteiger partial charge on any atom is -0.381 e. The van der Waals surface area contributed by atoms with Crippen molar-refractivity contribution >= 4 is 0 Å². The van der Waals surface area contributed by atoms with Gasteiger partial charge in [-0.3, -0.25) is 0 Å². The van der Waals surface area contributed by atoms with Crippen LogP contribution in [0.5, 0.6) is 0 Å². The molecule has 1 aliphatic heterocycles. The van der Waals surface area contributed by atoms with E-state index in [4.69, 9.17) is 4.74 Å². The smallest absolute Gasteiger partial charge is 0.0839 e. The Morgan fingerprint density at radius 3 is 2.36 bits per heavy atom. The van der Waals surface area contributed by atoms with E-state index >= 15 is 0 Å². The molecular weight excluding hydrogens is 174 g/mol. The molecule has 0 saturated carbocycles. The Morgan fingerprint density at radius 1 is 1.14 bits per heavy atom. The largest absolute Gasteiger partial charge is 0.381 e. The molecule has 0 bridgehead atoms. The Hall–Kier alpha value is -0.860. The van der Waals surface area contributed by atoms with E-state index in [0.717, 1.165) is 32.6 Å². The number of benzene rings is 1. The zero-order chi connectivity index (χ0) is 9.86. The lowest BCUT2D eigenvalue weighted by molar-refractivity contribution is -0.386. The zero-order valence-electron chi connectivity index (χ0n) is 8.54. The molecule has 3 N–H and O–H groups in total. The summed E-state index contributed by atoms with van der Waals surface area (Å²) >= 11 is 0. The van der Waals surface area contributed by atoms with Crippen LogP contribution in [0.1, 0.15) is 18.4 Å². The molecule has 1 aromatic carbocycles. The van der Waals surface area contributed by atoms with E-state index in [1.165, 1.54) is 5.56 Å². The molecule has 76 valence electrons. The van der Waals surface area contributed by atoms with E-state index in [1.54, 1.807) is 0 Å². The molecule has 0 aliphatic carbocycles. The highest BCUT2D eigenvalue weighted by molar-refractivity contribution is 5.25. The van der Waals surface area contributed by atoms with Crippen molar-refractivity contribution in [3.63, 3.8) is 0 Å². The molecule has 0 spiro atoms. The van der Waals surface area contributed by atoms with E-state index in [-0.39, 0.29) is 5.41 Å². The fourth-order valence-corrected chi connectivity index (χ4v) is 2.24. The molecule has 0 atom stereocenters. The van der Waals surface area contributed by atoms with Gasteiger partial charge in [0.15, 0.2) is 0 Å². The molecule has 0 radical (unpaired) electrons. The highest BCUT2D eigenvalue weighted by atomic mass is 16.5. The maximum atomic E-state index is 5.42. The molecule has 1 aromatic rings. The van der Waals surface area contributed by atoms with Crippen molar-refractivity contribution in [2.24, 2.45) is 0 Å². The Bertz CT molecular complexity index is 278. The predicted octanol–water partition coefficient (Wildman–Crippen LogP) is 0.977. The van der Waals surface area contributed by atoms with Crippen LogP contribution in [0.15, 0.2) is 30.3 Å². The van der Waals surface area contributed by atoms with Crippen molar-refractivity contribution in [3.8, 4) is 0 Å². The molecular formula is C12H18NO+. The molecule has 0 aromatic heterocycles. The Kier molecular flexibility index (Phi) is 2.85. The second-order valence-electron chi connectivity index (χ2n) is 4.01. The monoisotopic (exact) mass is 192 g/mol. The van der Waals surface area contributed by atoms with Gasteiger partial charge in [-0.05, 0) is 18.4 Å². The summed E-state index contributed by atoms with van der Waals surface area (Å²) in [5.41, 5.74) is 5.81. The molecule has 1 heterocycles. The molecule has 2 rings (SSSR count). The summed E-state index contributed by atoms with van der Waals surface area (Å²) in [4.78, 5) is 0. The second-order valence-corrected chi connectivity index (χ2v) is 4.01. The summed E-state index contributed by atoms with van der Waals surface area (Å²) in [7, 11) is 0. The lowest BCUT2D eigenvalue weighted by Gasteiger charge is -2.34. The topological polar surface area (TPSA) is 36.9 Å². The number of quaternary nitrogens is 1. The van der Waals surface area contributed by atoms with Crippen LogP contribution in [0.2, 0.25) is 0 Å². The summed E-state index contributed by atoms with van der Waals surface area (Å²) in [6.45, 7) is 2.73. The lowest BCUT2D eigenvalue weighted by Crippen LogP contribution is -2.61. The lowest BCUT2D eigenvalue weighted by atomic mass is 9.74. The maximum absolute atomic E-state index is 5.42. The van der Waals surface area contributed by atoms with Gasteiger partial charge in [-0.2, -0.15) is 0 Å². The van der Waals surface area contributed by atoms with Crippen molar-refractivity contribution in [3.05, 3.63) is 35.9 Å². The first-order valence-electron chi connectivity index (χ1n) is 5.30. The molecule has 1 saturated heterocycles. The van der Waals surface area contributed by atoms with Crippen molar-refractivity contribution in [2.45, 2.75) is 18.3 Å². The fourth-order valence-electron chi connectivity index (χ4n) is 2.24. The highest BCUT2D eigenvalue weighted by Gasteiger charge is 2.34. The minimum absolute atomic E-state index is 0.277. The first-order chi connectivity index (χ1) is 6.87. The van der Waals surface area contributed by atoms with Crippen LogP contribution >= 0.6 is 0 Å². The third-order valence-corrected chi connectivity index (χ3v) is 3.31. The van der Waals surface area contributed by atoms with E-state index in [0.29, 0.717) is 0 Å². The molecule has 2 heteroatoms. The Labute approximate surface area is 85.1 Å². The first kappa shape index (κ1) is 9.69. The molecule has 1 aliphatic rings. The highest BCUT2D eigenvalue weighted by Crippen LogP contribution is 2.32. The Balaban J connectivity index is 2.27. The van der Waals surface area contributed by atoms with E-state index in [2.05, 4.69) is 36.1 Å². The van der Waals surface area contributed by atoms with Crippen LogP contribution in [0.3, 0.4) is 0 Å². The fraction of sp³-hybridized carbons (Fsp3) is 0.500. The van der Waals surface area contributed by atoms with Gasteiger partial charge >= 0.3 is 0 Å². The van der Waals surface area contributed by atoms with Crippen LogP contribution in [-0.4, -0.2) is 19.8 Å². The standard InChI is InChI=1S/C12H17NO/c13-10-12(6-8-14-9-7-12)11-4-2-1-3-5-11/h1-5H,6-10,13H2/p+1. The summed E-state index contributed by atoms with van der Waals surface area (Å²) < 4.78 is 5.42. The summed E-state index contributed by atoms with van der Waals surface area (Å²) in [5.74, 6) is 0. The van der Waals surface area contributed by atoms with Gasteiger partial charge in [0.05, 0.1) is 6.54 Å². The van der Waals surface area contributed by atoms with Gasteiger partial charge in [-0.1, -0.05) is 30.3 Å². The zero-order valence-corrected chi connectivity index (χ0v) is 8.54. The van der Waals surface area contributed by atoms with Crippen molar-refractivity contribution in [1.82, 2.24) is 0 Å². The number of hydrogen-bond donors (Lipinski definition) is 1. The van der Waals surface area contributed by atoms with Crippen LogP contribution in [0.4, 0.5) is 0 Å². The van der Waals surface area contributed by atoms with Crippen LogP contribution in [0, 0.1) is 0 Å². The minimum atomic E-state index is 0.277. The predicted molar refractivity (Wildman–Crippen MR) is 55.9 cm³/mol. The summed E-state index contributed by atoms with van der Waals surface area (Å²) in [6.07, 6.45) is 2.22. The average Bonchev–Trinajstić information content (AvgIpc) is 2.31. The summed E-state index contributed by atoms with van der Waals surface area (Å²) in [5, 5.41) is 0. The normalized spacial score (nSPS) is 20.6. The molecule has 1 fully saturated rings. The third-order valence-electron chi connectivity index (χ3n) is 3.31. The van der Waals surface area contributed by atoms with Gasteiger partial charge in [0, 0.05) is 18.6 Å². The van der Waals surface area contributed by atoms with Gasteiger partial charge < -0.3 is 10.5 Å². The van der Waals surface area contributed by atoms with Gasteiger partial charge in [0.2, 0.25) is 0 Å². The van der Waals surface area contributed by atoms with Gasteiger partial charge in [0.1, 0.15) is 0 Å². The molecule has 14 heavy (non-hydrogen) atoms. The van der Waals surface area contributed by atoms with Crippen LogP contribution in [-0.2, 0) is 10.2 Å². The number of rotatable bonds is 2. The third kappa shape index (κ3) is 1.68. The van der Waals surface area contributed by atoms with Gasteiger partial charge in [-0.15, -0.1) is 0 Å². The van der Waals surface area contributed by atoms with Crippen molar-refractivity contribution in [1.29, 1.82) is 0 Å². The SMILES string of the molecule is [NH3+]CC1(c2ccccc2)CCOCC1. The van der Waals surface area contributed by atoms with E-state index < -0.39 is 0 Å². The molecule has 2 nitrogen and oxygen atoms in total. The van der Waals surface area contributed by atoms with Crippen molar-refractivity contribution in [2.75, 3.05) is 19.8 Å². The van der Waals surface area contributed by atoms with Crippen LogP contribution < -0.4 is 5.73 Å². The second kappa shape index (κ2) is 4.11. The van der Waals surface area contributed by atoms with E-state index in [9.17, 15) is 0 Å². The number of ether oxygens (including phenoxy) is 1. The first-order valence-corrected chi connectivity index (χ1v) is 5.30. The van der Waals surface area contributed by atoms with Gasteiger partial charge in [0.25, 0.3) is 0 Å². The van der Waals surface area contributed by atoms with Crippen molar-refractivity contribution < 1.29 is 10.5 Å². The molecule has 0 unspecified atom stereocenters. The summed E-state index contributed by atoms with van der Waals surface area (Å²) in [6, 6.07) is 10.7. The van der Waals surface area contributed by atoms with Crippen LogP contribution in [0.25, 0.3) is 0 Å². The van der Waals surface area contributed by atoms with Gasteiger partial charge in [-0.25, -0.2) is 0 Å². The molecule has 0 amide bonds. The quantitative estimate of drug-likeness (QED) is 0.745. The Morgan fingerprint density at radius 2 is 1.79 bits per heavy atom. The maximum Gasteiger partial charge on any atom is 0.0839 e. The van der Waals surface area contributed by atoms with E-state index in [1.807, 2.05) is 0 Å².